The summed E-state index contributed by atoms with van der Waals surface area (Å²) in [6, 6.07) is 14.9. The Bertz CT molecular complexity index is 960. The number of fused-ring (bicyclic) bond motifs is 3. The number of aliphatic hydroxyl groups is 1. The number of carbonyl (C=O) groups is 3. The molecule has 1 aliphatic carbocycles. The van der Waals surface area contributed by atoms with Crippen molar-refractivity contribution in [2.45, 2.75) is 32.2 Å². The van der Waals surface area contributed by atoms with Gasteiger partial charge in [0.2, 0.25) is 5.91 Å². The highest BCUT2D eigenvalue weighted by Gasteiger charge is 2.30. The number of rotatable bonds is 10. The highest BCUT2D eigenvalue weighted by Crippen LogP contribution is 2.44. The zero-order valence-electron chi connectivity index (χ0n) is 18.8. The van der Waals surface area contributed by atoms with Crippen molar-refractivity contribution in [3.8, 4) is 11.1 Å². The molecule has 4 N–H and O–H groups in total. The minimum Gasteiger partial charge on any atom is -0.480 e. The van der Waals surface area contributed by atoms with Gasteiger partial charge in [0.25, 0.3) is 0 Å². The summed E-state index contributed by atoms with van der Waals surface area (Å²) in [6.07, 6.45) is -0.730. The molecule has 0 bridgehead atoms. The van der Waals surface area contributed by atoms with Gasteiger partial charge in [-0.2, -0.15) is 0 Å². The average Bonchev–Trinajstić information content (AvgIpc) is 3.11. The van der Waals surface area contributed by atoms with E-state index < -0.39 is 29.9 Å². The third-order valence-corrected chi connectivity index (χ3v) is 5.98. The molecule has 0 spiro atoms. The lowest BCUT2D eigenvalue weighted by atomic mass is 9.94. The molecule has 2 amide bonds. The van der Waals surface area contributed by atoms with Crippen LogP contribution in [0, 0.1) is 11.8 Å². The lowest BCUT2D eigenvalue weighted by Crippen LogP contribution is -2.48. The van der Waals surface area contributed by atoms with Crippen LogP contribution >= 0.6 is 0 Å². The Balaban J connectivity index is 1.58. The van der Waals surface area contributed by atoms with E-state index in [9.17, 15) is 19.5 Å². The first-order valence-electron chi connectivity index (χ1n) is 11.1. The number of aliphatic carboxylic acids is 1. The van der Waals surface area contributed by atoms with Gasteiger partial charge in [-0.3, -0.25) is 4.79 Å². The van der Waals surface area contributed by atoms with E-state index in [4.69, 9.17) is 9.84 Å². The number of hydrogen-bond donors (Lipinski definition) is 4. The first-order valence-corrected chi connectivity index (χ1v) is 11.1. The van der Waals surface area contributed by atoms with Crippen LogP contribution in [0.15, 0.2) is 48.5 Å². The molecule has 0 aromatic heterocycles. The van der Waals surface area contributed by atoms with E-state index in [1.54, 1.807) is 0 Å². The van der Waals surface area contributed by atoms with E-state index in [0.717, 1.165) is 22.3 Å². The Kier molecular flexibility index (Phi) is 8.06. The summed E-state index contributed by atoms with van der Waals surface area (Å²) in [7, 11) is 0. The second-order valence-electron chi connectivity index (χ2n) is 8.47. The van der Waals surface area contributed by atoms with Crippen LogP contribution in [-0.4, -0.2) is 54.0 Å². The standard InChI is InChI=1S/C25H30N2O6/c1-15(2)20(23(29)27-22(11-12-28)24(30)31)13-26-25(32)33-14-21-18-9-5-3-7-16(18)17-8-4-6-10-19(17)21/h3-10,15,20-22,28H,11-14H2,1-2H3,(H,26,32)(H,27,29)(H,30,31)/t20?,22-/m1/s1. The van der Waals surface area contributed by atoms with Crippen LogP contribution in [0.4, 0.5) is 4.79 Å². The van der Waals surface area contributed by atoms with Gasteiger partial charge in [-0.1, -0.05) is 62.4 Å². The van der Waals surface area contributed by atoms with E-state index in [0.29, 0.717) is 0 Å². The van der Waals surface area contributed by atoms with Crippen LogP contribution < -0.4 is 10.6 Å². The van der Waals surface area contributed by atoms with Crippen molar-refractivity contribution in [1.29, 1.82) is 0 Å². The second-order valence-corrected chi connectivity index (χ2v) is 8.47. The first-order chi connectivity index (χ1) is 15.8. The Hall–Kier alpha value is -3.39. The van der Waals surface area contributed by atoms with Crippen LogP contribution in [-0.2, 0) is 14.3 Å². The molecule has 2 aromatic carbocycles. The van der Waals surface area contributed by atoms with Crippen molar-refractivity contribution in [1.82, 2.24) is 10.6 Å². The highest BCUT2D eigenvalue weighted by molar-refractivity contribution is 5.85. The number of carbonyl (C=O) groups excluding carboxylic acids is 2. The summed E-state index contributed by atoms with van der Waals surface area (Å²) < 4.78 is 5.50. The third kappa shape index (κ3) is 5.70. The number of carboxylic acid groups (broad SMARTS) is 1. The van der Waals surface area contributed by atoms with Gasteiger partial charge in [0, 0.05) is 25.5 Å². The van der Waals surface area contributed by atoms with Crippen molar-refractivity contribution in [3.63, 3.8) is 0 Å². The van der Waals surface area contributed by atoms with Crippen molar-refractivity contribution in [2.24, 2.45) is 11.8 Å². The molecule has 1 aliphatic rings. The van der Waals surface area contributed by atoms with Crippen LogP contribution in [0.3, 0.4) is 0 Å². The SMILES string of the molecule is CC(C)C(CNC(=O)OCC1c2ccccc2-c2ccccc21)C(=O)N[C@H](CCO)C(=O)O. The lowest BCUT2D eigenvalue weighted by molar-refractivity contribution is -0.143. The molecule has 176 valence electrons. The van der Waals surface area contributed by atoms with Crippen LogP contribution in [0.25, 0.3) is 11.1 Å². The monoisotopic (exact) mass is 454 g/mol. The summed E-state index contributed by atoms with van der Waals surface area (Å²) >= 11 is 0. The molecule has 8 nitrogen and oxygen atoms in total. The molecule has 0 saturated carbocycles. The molecule has 0 aliphatic heterocycles. The molecule has 1 unspecified atom stereocenters. The zero-order chi connectivity index (χ0) is 24.0. The van der Waals surface area contributed by atoms with E-state index in [-0.39, 0.29) is 38.0 Å². The molecular formula is C25H30N2O6. The smallest absolute Gasteiger partial charge is 0.407 e. The fourth-order valence-electron chi connectivity index (χ4n) is 4.14. The van der Waals surface area contributed by atoms with Crippen LogP contribution in [0.2, 0.25) is 0 Å². The van der Waals surface area contributed by atoms with E-state index in [1.165, 1.54) is 0 Å². The average molecular weight is 455 g/mol. The first kappa shape index (κ1) is 24.3. The molecule has 2 atom stereocenters. The van der Waals surface area contributed by atoms with Gasteiger partial charge in [0.1, 0.15) is 12.6 Å². The minimum absolute atomic E-state index is 0.00559. The number of nitrogens with one attached hydrogen (secondary N) is 2. The van der Waals surface area contributed by atoms with E-state index in [1.807, 2.05) is 50.2 Å². The molecule has 8 heteroatoms. The fraction of sp³-hybridized carbons (Fsp3) is 0.400. The molecule has 0 radical (unpaired) electrons. The topological polar surface area (TPSA) is 125 Å². The van der Waals surface area contributed by atoms with E-state index >= 15 is 0 Å². The van der Waals surface area contributed by atoms with Crippen molar-refractivity contribution >= 4 is 18.0 Å². The molecule has 3 rings (SSSR count). The van der Waals surface area contributed by atoms with Crippen molar-refractivity contribution in [3.05, 3.63) is 59.7 Å². The number of aliphatic hydroxyl groups excluding tert-OH is 1. The number of alkyl carbamates (subject to hydrolysis) is 1. The Morgan fingerprint density at radius 2 is 1.58 bits per heavy atom. The lowest BCUT2D eigenvalue weighted by Gasteiger charge is -2.23. The van der Waals surface area contributed by atoms with Crippen LogP contribution in [0.1, 0.15) is 37.3 Å². The minimum atomic E-state index is -1.22. The second kappa shape index (κ2) is 11.0. The van der Waals surface area contributed by atoms with Crippen molar-refractivity contribution in [2.75, 3.05) is 19.8 Å². The summed E-state index contributed by atoms with van der Waals surface area (Å²) in [5, 5.41) is 23.3. The largest absolute Gasteiger partial charge is 0.480 e. The molecule has 0 fully saturated rings. The number of ether oxygens (including phenoxy) is 1. The maximum absolute atomic E-state index is 12.6. The van der Waals surface area contributed by atoms with Gasteiger partial charge in [-0.25, -0.2) is 9.59 Å². The maximum atomic E-state index is 12.6. The third-order valence-electron chi connectivity index (χ3n) is 5.98. The maximum Gasteiger partial charge on any atom is 0.407 e. The normalized spacial score (nSPS) is 14.2. The summed E-state index contributed by atoms with van der Waals surface area (Å²) in [4.78, 5) is 36.2. The summed E-state index contributed by atoms with van der Waals surface area (Å²) in [6.45, 7) is 3.43. The summed E-state index contributed by atoms with van der Waals surface area (Å²) in [5.74, 6) is -2.58. The molecule has 33 heavy (non-hydrogen) atoms. The van der Waals surface area contributed by atoms with Gasteiger partial charge in [0.05, 0.1) is 5.92 Å². The predicted molar refractivity (Wildman–Crippen MR) is 123 cm³/mol. The van der Waals surface area contributed by atoms with Crippen LogP contribution in [0.5, 0.6) is 0 Å². The molecule has 0 heterocycles. The quantitative estimate of drug-likeness (QED) is 0.438. The molecule has 0 saturated heterocycles. The number of hydrogen-bond acceptors (Lipinski definition) is 5. The van der Waals surface area contributed by atoms with Gasteiger partial charge in [-0.05, 0) is 28.2 Å². The van der Waals surface area contributed by atoms with Gasteiger partial charge in [0.15, 0.2) is 0 Å². The number of amides is 2. The fourth-order valence-corrected chi connectivity index (χ4v) is 4.14. The number of carboxylic acids is 1. The predicted octanol–water partition coefficient (Wildman–Crippen LogP) is 2.75. The summed E-state index contributed by atoms with van der Waals surface area (Å²) in [5.41, 5.74) is 4.48. The van der Waals surface area contributed by atoms with Gasteiger partial charge in [-0.15, -0.1) is 0 Å². The van der Waals surface area contributed by atoms with Crippen molar-refractivity contribution < 1.29 is 29.3 Å². The Labute approximate surface area is 193 Å². The van der Waals surface area contributed by atoms with E-state index in [2.05, 4.69) is 22.8 Å². The molecule has 2 aromatic rings. The highest BCUT2D eigenvalue weighted by atomic mass is 16.5. The Morgan fingerprint density at radius 1 is 1.00 bits per heavy atom. The van der Waals surface area contributed by atoms with Gasteiger partial charge >= 0.3 is 12.1 Å². The van der Waals surface area contributed by atoms with Gasteiger partial charge < -0.3 is 25.6 Å². The molecular weight excluding hydrogens is 424 g/mol. The zero-order valence-corrected chi connectivity index (χ0v) is 18.8. The number of benzene rings is 2. The Morgan fingerprint density at radius 3 is 2.09 bits per heavy atom.